The number of phenolic OH excluding ortho intramolecular Hbond substituents is 1. The van der Waals surface area contributed by atoms with Gasteiger partial charge in [-0.15, -0.1) is 0 Å². The number of hydrogen-bond acceptors (Lipinski definition) is 6. The summed E-state index contributed by atoms with van der Waals surface area (Å²) >= 11 is 0. The van der Waals surface area contributed by atoms with E-state index >= 15 is 0 Å². The predicted octanol–water partition coefficient (Wildman–Crippen LogP) is 3.12. The number of carbonyl (C=O) groups excluding carboxylic acids is 2. The van der Waals surface area contributed by atoms with Crippen LogP contribution in [0.1, 0.15) is 76.8 Å². The number of benzene rings is 1. The highest BCUT2D eigenvalue weighted by Crippen LogP contribution is 2.57. The number of aromatic hydroxyl groups is 1. The van der Waals surface area contributed by atoms with Gasteiger partial charge in [-0.05, 0) is 67.8 Å². The van der Waals surface area contributed by atoms with Gasteiger partial charge in [0, 0.05) is 50.9 Å². The number of likely N-dealkylation sites (tertiary alicyclic amines) is 2. The molecule has 2 aliphatic heterocycles. The predicted molar refractivity (Wildman–Crippen MR) is 137 cm³/mol. The first kappa shape index (κ1) is 28.1. The smallest absolute Gasteiger partial charge is 0.290 e. The normalized spacial score (nSPS) is 29.5. The summed E-state index contributed by atoms with van der Waals surface area (Å²) in [5.41, 5.74) is 0.817. The zero-order valence-electron chi connectivity index (χ0n) is 21.9. The molecule has 0 aromatic heterocycles. The van der Waals surface area contributed by atoms with Gasteiger partial charge in [0.05, 0.1) is 5.60 Å². The molecular formula is C28H42N2O6. The van der Waals surface area contributed by atoms with Crippen LogP contribution in [-0.4, -0.2) is 81.1 Å². The fraction of sp³-hybridized carbons (Fsp3) is 0.679. The molecule has 3 fully saturated rings. The van der Waals surface area contributed by atoms with Crippen LogP contribution in [0.4, 0.5) is 0 Å². The lowest BCUT2D eigenvalue weighted by Crippen LogP contribution is -2.73. The Kier molecular flexibility index (Phi) is 9.17. The highest BCUT2D eigenvalue weighted by Gasteiger charge is 2.64. The highest BCUT2D eigenvalue weighted by molar-refractivity contribution is 5.82. The lowest BCUT2D eigenvalue weighted by molar-refractivity contribution is -0.173. The van der Waals surface area contributed by atoms with Gasteiger partial charge in [-0.1, -0.05) is 26.3 Å². The van der Waals surface area contributed by atoms with Crippen LogP contribution in [0.2, 0.25) is 0 Å². The van der Waals surface area contributed by atoms with E-state index < -0.39 is 11.0 Å². The molecule has 4 atom stereocenters. The number of carboxylic acid groups (broad SMARTS) is 1. The molecule has 2 saturated heterocycles. The maximum absolute atomic E-state index is 12.4. The summed E-state index contributed by atoms with van der Waals surface area (Å²) in [5.74, 6) is 1.30. The Hall–Kier alpha value is -2.45. The molecule has 4 aliphatic rings. The number of rotatable bonds is 3. The van der Waals surface area contributed by atoms with E-state index in [0.29, 0.717) is 25.2 Å². The minimum Gasteiger partial charge on any atom is -0.508 e. The molecule has 2 aliphatic carbocycles. The molecular weight excluding hydrogens is 460 g/mol. The Morgan fingerprint density at radius 3 is 2.47 bits per heavy atom. The largest absolute Gasteiger partial charge is 0.508 e. The third-order valence-corrected chi connectivity index (χ3v) is 8.75. The molecule has 0 spiro atoms. The Morgan fingerprint density at radius 1 is 1.22 bits per heavy atom. The number of aliphatic hydroxyl groups is 1. The number of Topliss-reactive ketones (excluding diaryl/α,β-unsaturated/α-hetero) is 1. The first-order chi connectivity index (χ1) is 17.1. The molecule has 5 rings (SSSR count). The van der Waals surface area contributed by atoms with Crippen LogP contribution in [0, 0.1) is 5.92 Å². The lowest BCUT2D eigenvalue weighted by Gasteiger charge is -2.63. The number of fused-ring (bicyclic) bond motifs is 1. The molecule has 1 amide bonds. The molecule has 8 nitrogen and oxygen atoms in total. The molecule has 2 bridgehead atoms. The quantitative estimate of drug-likeness (QED) is 0.544. The summed E-state index contributed by atoms with van der Waals surface area (Å²) < 4.78 is 0. The van der Waals surface area contributed by atoms with Crippen molar-refractivity contribution in [2.24, 2.45) is 5.92 Å². The Bertz CT molecular complexity index is 946. The van der Waals surface area contributed by atoms with E-state index in [-0.39, 0.29) is 30.0 Å². The Morgan fingerprint density at radius 2 is 1.89 bits per heavy atom. The summed E-state index contributed by atoms with van der Waals surface area (Å²) in [5, 5.41) is 28.8. The Balaban J connectivity index is 0.000000275. The number of amides is 1. The minimum absolute atomic E-state index is 0.0698. The van der Waals surface area contributed by atoms with Crippen molar-refractivity contribution >= 4 is 18.2 Å². The third kappa shape index (κ3) is 5.44. The van der Waals surface area contributed by atoms with Gasteiger partial charge in [0.25, 0.3) is 6.47 Å². The molecule has 2 heterocycles. The third-order valence-electron chi connectivity index (χ3n) is 8.75. The van der Waals surface area contributed by atoms with Crippen LogP contribution < -0.4 is 0 Å². The molecule has 200 valence electrons. The summed E-state index contributed by atoms with van der Waals surface area (Å²) in [6, 6.07) is 5.60. The number of piperidine rings is 1. The Labute approximate surface area is 214 Å². The lowest BCUT2D eigenvalue weighted by atomic mass is 9.49. The van der Waals surface area contributed by atoms with Gasteiger partial charge < -0.3 is 20.2 Å². The first-order valence-corrected chi connectivity index (χ1v) is 13.3. The van der Waals surface area contributed by atoms with E-state index in [0.717, 1.165) is 51.0 Å². The molecule has 36 heavy (non-hydrogen) atoms. The van der Waals surface area contributed by atoms with E-state index in [4.69, 9.17) is 9.90 Å². The zero-order chi connectivity index (χ0) is 26.5. The van der Waals surface area contributed by atoms with Crippen molar-refractivity contribution < 1.29 is 29.7 Å². The van der Waals surface area contributed by atoms with Crippen LogP contribution in [0.3, 0.4) is 0 Å². The summed E-state index contributed by atoms with van der Waals surface area (Å²) in [6.07, 6.45) is 6.54. The van der Waals surface area contributed by atoms with Crippen molar-refractivity contribution in [3.63, 3.8) is 0 Å². The van der Waals surface area contributed by atoms with Crippen molar-refractivity contribution in [1.82, 2.24) is 9.80 Å². The number of hydrogen-bond donors (Lipinski definition) is 3. The standard InChI is InChI=1S/C21H29NO3.C6H11NO.CH2O2/c1-3-14(2)13-22-9-8-20-12-17(24)6-7-21(20,25)19(22)10-15-4-5-16(23)11-18(15)20;1-6(8)7-4-2-3-5-7;2-1-3/h4-5,11,14,19,23,25H,3,6-10,12-13H2,1-2H3;2-5H2,1H3;1H,(H,2,3). The monoisotopic (exact) mass is 502 g/mol. The fourth-order valence-corrected chi connectivity index (χ4v) is 6.67. The average Bonchev–Trinajstić information content (AvgIpc) is 3.38. The fourth-order valence-electron chi connectivity index (χ4n) is 6.67. The summed E-state index contributed by atoms with van der Waals surface area (Å²) in [6.45, 7) is 9.74. The van der Waals surface area contributed by atoms with Gasteiger partial charge in [0.2, 0.25) is 5.91 Å². The molecule has 1 aromatic rings. The van der Waals surface area contributed by atoms with Gasteiger partial charge in [0.1, 0.15) is 11.5 Å². The molecule has 1 saturated carbocycles. The SMILES string of the molecule is CC(=O)N1CCCC1.CCC(C)CN1CCC23CC(=O)CCC2(O)C1Cc1ccc(O)cc13.O=CO. The number of carbonyl (C=O) groups is 3. The summed E-state index contributed by atoms with van der Waals surface area (Å²) in [7, 11) is 0. The van der Waals surface area contributed by atoms with Gasteiger partial charge in [0.15, 0.2) is 0 Å². The molecule has 3 N–H and O–H groups in total. The van der Waals surface area contributed by atoms with Crippen LogP contribution in [0.25, 0.3) is 0 Å². The van der Waals surface area contributed by atoms with Crippen LogP contribution in [0.15, 0.2) is 18.2 Å². The van der Waals surface area contributed by atoms with E-state index in [2.05, 4.69) is 18.7 Å². The minimum atomic E-state index is -0.868. The number of ketones is 1. The maximum Gasteiger partial charge on any atom is 0.290 e. The van der Waals surface area contributed by atoms with E-state index in [1.54, 1.807) is 19.1 Å². The van der Waals surface area contributed by atoms with Crippen molar-refractivity contribution in [2.45, 2.75) is 89.2 Å². The van der Waals surface area contributed by atoms with Gasteiger partial charge in [-0.2, -0.15) is 0 Å². The first-order valence-electron chi connectivity index (χ1n) is 13.3. The van der Waals surface area contributed by atoms with Gasteiger partial charge in [-0.25, -0.2) is 0 Å². The maximum atomic E-state index is 12.4. The second kappa shape index (κ2) is 11.7. The molecule has 0 radical (unpaired) electrons. The van der Waals surface area contributed by atoms with E-state index in [9.17, 15) is 19.8 Å². The number of phenols is 1. The zero-order valence-corrected chi connectivity index (χ0v) is 21.9. The van der Waals surface area contributed by atoms with E-state index in [1.807, 2.05) is 11.0 Å². The second-order valence-electron chi connectivity index (χ2n) is 10.9. The van der Waals surface area contributed by atoms with Gasteiger partial charge in [-0.3, -0.25) is 19.3 Å². The van der Waals surface area contributed by atoms with Crippen LogP contribution in [-0.2, 0) is 26.2 Å². The number of nitrogens with zero attached hydrogens (tertiary/aromatic N) is 2. The second-order valence-corrected chi connectivity index (χ2v) is 10.9. The van der Waals surface area contributed by atoms with Crippen molar-refractivity contribution in [1.29, 1.82) is 0 Å². The topological polar surface area (TPSA) is 118 Å². The van der Waals surface area contributed by atoms with Gasteiger partial charge >= 0.3 is 0 Å². The average molecular weight is 503 g/mol. The highest BCUT2D eigenvalue weighted by atomic mass is 16.3. The van der Waals surface area contributed by atoms with E-state index in [1.165, 1.54) is 18.4 Å². The van der Waals surface area contributed by atoms with Crippen molar-refractivity contribution in [3.8, 4) is 5.75 Å². The van der Waals surface area contributed by atoms with Crippen LogP contribution in [0.5, 0.6) is 5.75 Å². The molecule has 8 heteroatoms. The van der Waals surface area contributed by atoms with Crippen molar-refractivity contribution in [2.75, 3.05) is 26.2 Å². The van der Waals surface area contributed by atoms with Crippen LogP contribution >= 0.6 is 0 Å². The molecule has 4 unspecified atom stereocenters. The molecule has 1 aromatic carbocycles. The summed E-state index contributed by atoms with van der Waals surface area (Å²) in [4.78, 5) is 35.7. The van der Waals surface area contributed by atoms with Crippen molar-refractivity contribution in [3.05, 3.63) is 29.3 Å².